The summed E-state index contributed by atoms with van der Waals surface area (Å²) in [6.07, 6.45) is 1.09. The largest absolute Gasteiger partial charge is 0.493 e. The Hall–Kier alpha value is -3.06. The Balaban J connectivity index is 1.85. The summed E-state index contributed by atoms with van der Waals surface area (Å²) in [5.74, 6) is 0.150. The number of carbonyl (C=O) groups is 2. The molecule has 26 heavy (non-hydrogen) atoms. The fourth-order valence-corrected chi connectivity index (χ4v) is 2.16. The molecule has 0 aromatic heterocycles. The van der Waals surface area contributed by atoms with E-state index in [0.717, 1.165) is 0 Å². The highest BCUT2D eigenvalue weighted by atomic mass is 35.5. The van der Waals surface area contributed by atoms with Gasteiger partial charge in [-0.3, -0.25) is 9.59 Å². The highest BCUT2D eigenvalue weighted by Gasteiger charge is 2.09. The van der Waals surface area contributed by atoms with Crippen LogP contribution in [0.4, 0.5) is 5.69 Å². The number of hydrogen-bond acceptors (Lipinski definition) is 5. The Labute approximate surface area is 155 Å². The lowest BCUT2D eigenvalue weighted by atomic mass is 10.2. The van der Waals surface area contributed by atoms with Crippen LogP contribution in [-0.2, 0) is 9.59 Å². The standard InChI is InChI=1S/C18H18ClN3O4/c1-25-15-8-3-12(9-16(15)26-2)11-20-22-18(24)10-17(23)21-14-6-4-13(19)5-7-14/h3-9,11H,10H2,1-2H3,(H,21,23)(H,22,24). The average Bonchev–Trinajstić information content (AvgIpc) is 2.63. The summed E-state index contributed by atoms with van der Waals surface area (Å²) in [5, 5.41) is 6.98. The van der Waals surface area contributed by atoms with E-state index in [4.69, 9.17) is 21.1 Å². The minimum atomic E-state index is -0.534. The maximum absolute atomic E-state index is 11.8. The van der Waals surface area contributed by atoms with Crippen LogP contribution in [0.5, 0.6) is 11.5 Å². The van der Waals surface area contributed by atoms with Gasteiger partial charge in [0.05, 0.1) is 20.4 Å². The Kier molecular flexibility index (Phi) is 6.99. The van der Waals surface area contributed by atoms with Crippen LogP contribution < -0.4 is 20.2 Å². The van der Waals surface area contributed by atoms with Crippen LogP contribution in [0.15, 0.2) is 47.6 Å². The first-order valence-corrected chi connectivity index (χ1v) is 7.99. The first-order chi connectivity index (χ1) is 12.5. The van der Waals surface area contributed by atoms with Gasteiger partial charge >= 0.3 is 0 Å². The van der Waals surface area contributed by atoms with E-state index >= 15 is 0 Å². The zero-order chi connectivity index (χ0) is 18.9. The molecule has 2 aromatic rings. The maximum atomic E-state index is 11.8. The number of nitrogens with zero attached hydrogens (tertiary/aromatic N) is 1. The van der Waals surface area contributed by atoms with Crippen molar-refractivity contribution < 1.29 is 19.1 Å². The van der Waals surface area contributed by atoms with Crippen molar-refractivity contribution in [3.8, 4) is 11.5 Å². The summed E-state index contributed by atoms with van der Waals surface area (Å²) in [6, 6.07) is 11.8. The van der Waals surface area contributed by atoms with Gasteiger partial charge in [0.2, 0.25) is 11.8 Å². The van der Waals surface area contributed by atoms with Crippen molar-refractivity contribution in [3.63, 3.8) is 0 Å². The van der Waals surface area contributed by atoms with Crippen molar-refractivity contribution in [2.45, 2.75) is 6.42 Å². The van der Waals surface area contributed by atoms with Crippen molar-refractivity contribution >= 4 is 35.3 Å². The van der Waals surface area contributed by atoms with Crippen LogP contribution in [0.2, 0.25) is 5.02 Å². The molecule has 2 N–H and O–H groups in total. The maximum Gasteiger partial charge on any atom is 0.249 e. The van der Waals surface area contributed by atoms with Gasteiger partial charge in [0.15, 0.2) is 11.5 Å². The molecule has 0 atom stereocenters. The van der Waals surface area contributed by atoms with Gasteiger partial charge in [0.25, 0.3) is 0 Å². The van der Waals surface area contributed by atoms with Crippen LogP contribution >= 0.6 is 11.6 Å². The minimum absolute atomic E-state index is 0.355. The van der Waals surface area contributed by atoms with Crippen LogP contribution in [0.3, 0.4) is 0 Å². The number of hydrazone groups is 1. The quantitative estimate of drug-likeness (QED) is 0.442. The molecule has 8 heteroatoms. The molecule has 0 radical (unpaired) electrons. The summed E-state index contributed by atoms with van der Waals surface area (Å²) in [5.41, 5.74) is 3.56. The number of methoxy groups -OCH3 is 2. The first-order valence-electron chi connectivity index (χ1n) is 7.61. The van der Waals surface area contributed by atoms with E-state index in [1.807, 2.05) is 0 Å². The lowest BCUT2D eigenvalue weighted by Crippen LogP contribution is -2.24. The van der Waals surface area contributed by atoms with E-state index in [1.54, 1.807) is 49.6 Å². The minimum Gasteiger partial charge on any atom is -0.493 e. The number of anilines is 1. The zero-order valence-electron chi connectivity index (χ0n) is 14.3. The Morgan fingerprint density at radius 3 is 2.38 bits per heavy atom. The van der Waals surface area contributed by atoms with Gasteiger partial charge in [0.1, 0.15) is 6.42 Å². The third-order valence-corrected chi connectivity index (χ3v) is 3.51. The van der Waals surface area contributed by atoms with Crippen molar-refractivity contribution in [3.05, 3.63) is 53.1 Å². The SMILES string of the molecule is COc1ccc(C=NNC(=O)CC(=O)Nc2ccc(Cl)cc2)cc1OC. The number of benzene rings is 2. The molecule has 136 valence electrons. The second-order valence-electron chi connectivity index (χ2n) is 5.14. The number of carbonyl (C=O) groups excluding carboxylic acids is 2. The molecule has 0 heterocycles. The molecule has 2 rings (SSSR count). The predicted molar refractivity (Wildman–Crippen MR) is 100.0 cm³/mol. The molecule has 7 nitrogen and oxygen atoms in total. The number of amides is 2. The molecule has 0 saturated heterocycles. The molecule has 0 aliphatic rings. The number of halogens is 1. The van der Waals surface area contributed by atoms with E-state index in [-0.39, 0.29) is 6.42 Å². The topological polar surface area (TPSA) is 89.0 Å². The molecule has 0 bridgehead atoms. The van der Waals surface area contributed by atoms with Crippen molar-refractivity contribution in [2.75, 3.05) is 19.5 Å². The number of ether oxygens (including phenoxy) is 2. The third kappa shape index (κ3) is 5.78. The van der Waals surface area contributed by atoms with Gasteiger partial charge < -0.3 is 14.8 Å². The fraction of sp³-hybridized carbons (Fsp3) is 0.167. The molecule has 2 amide bonds. The number of hydrogen-bond donors (Lipinski definition) is 2. The summed E-state index contributed by atoms with van der Waals surface area (Å²) in [7, 11) is 3.07. The Bertz CT molecular complexity index is 807. The molecule has 0 spiro atoms. The third-order valence-electron chi connectivity index (χ3n) is 3.26. The Morgan fingerprint density at radius 2 is 1.73 bits per heavy atom. The van der Waals surface area contributed by atoms with E-state index in [9.17, 15) is 9.59 Å². The van der Waals surface area contributed by atoms with E-state index in [1.165, 1.54) is 13.3 Å². The number of nitrogens with one attached hydrogen (secondary N) is 2. The van der Waals surface area contributed by atoms with E-state index < -0.39 is 11.8 Å². The Morgan fingerprint density at radius 1 is 1.04 bits per heavy atom. The van der Waals surface area contributed by atoms with Gasteiger partial charge in [-0.1, -0.05) is 11.6 Å². The summed E-state index contributed by atoms with van der Waals surface area (Å²) >= 11 is 5.77. The van der Waals surface area contributed by atoms with Crippen molar-refractivity contribution in [2.24, 2.45) is 5.10 Å². The summed E-state index contributed by atoms with van der Waals surface area (Å²) in [4.78, 5) is 23.6. The fourth-order valence-electron chi connectivity index (χ4n) is 2.04. The summed E-state index contributed by atoms with van der Waals surface area (Å²) in [6.45, 7) is 0. The van der Waals surface area contributed by atoms with Crippen LogP contribution in [-0.4, -0.2) is 32.2 Å². The van der Waals surface area contributed by atoms with Crippen molar-refractivity contribution in [1.29, 1.82) is 0 Å². The molecule has 0 aliphatic carbocycles. The van der Waals surface area contributed by atoms with Gasteiger partial charge in [-0.25, -0.2) is 5.43 Å². The predicted octanol–water partition coefficient (Wildman–Crippen LogP) is 2.84. The zero-order valence-corrected chi connectivity index (χ0v) is 15.0. The van der Waals surface area contributed by atoms with Crippen molar-refractivity contribution in [1.82, 2.24) is 5.43 Å². The van der Waals surface area contributed by atoms with E-state index in [2.05, 4.69) is 15.8 Å². The lowest BCUT2D eigenvalue weighted by molar-refractivity contribution is -0.126. The lowest BCUT2D eigenvalue weighted by Gasteiger charge is -2.07. The monoisotopic (exact) mass is 375 g/mol. The highest BCUT2D eigenvalue weighted by Crippen LogP contribution is 2.26. The summed E-state index contributed by atoms with van der Waals surface area (Å²) < 4.78 is 10.3. The molecular formula is C18H18ClN3O4. The van der Waals surface area contributed by atoms with Gasteiger partial charge in [-0.05, 0) is 48.0 Å². The van der Waals surface area contributed by atoms with Gasteiger partial charge in [0, 0.05) is 10.7 Å². The molecule has 0 aliphatic heterocycles. The smallest absolute Gasteiger partial charge is 0.249 e. The number of rotatable bonds is 7. The van der Waals surface area contributed by atoms with E-state index in [0.29, 0.717) is 27.8 Å². The van der Waals surface area contributed by atoms with Crippen LogP contribution in [0.25, 0.3) is 0 Å². The van der Waals surface area contributed by atoms with Crippen LogP contribution in [0, 0.1) is 0 Å². The normalized spacial score (nSPS) is 10.4. The second-order valence-corrected chi connectivity index (χ2v) is 5.58. The molecule has 0 unspecified atom stereocenters. The first kappa shape index (κ1) is 19.3. The molecular weight excluding hydrogens is 358 g/mol. The van der Waals surface area contributed by atoms with Crippen LogP contribution in [0.1, 0.15) is 12.0 Å². The van der Waals surface area contributed by atoms with Gasteiger partial charge in [-0.15, -0.1) is 0 Å². The molecule has 2 aromatic carbocycles. The second kappa shape index (κ2) is 9.43. The van der Waals surface area contributed by atoms with Gasteiger partial charge in [-0.2, -0.15) is 5.10 Å². The highest BCUT2D eigenvalue weighted by molar-refractivity contribution is 6.30. The molecule has 0 saturated carbocycles. The molecule has 0 fully saturated rings. The average molecular weight is 376 g/mol.